The Hall–Kier alpha value is -3.52. The van der Waals surface area contributed by atoms with E-state index in [1.165, 1.54) is 27.0 Å². The predicted octanol–water partition coefficient (Wildman–Crippen LogP) is 1.57. The van der Waals surface area contributed by atoms with Crippen molar-refractivity contribution in [3.05, 3.63) is 50.2 Å². The largest absolute Gasteiger partial charge is 0.493 e. The topological polar surface area (TPSA) is 162 Å². The molecule has 1 N–H and O–H groups in total. The molecule has 0 saturated carbocycles. The molecule has 1 aliphatic rings. The summed E-state index contributed by atoms with van der Waals surface area (Å²) in [5, 5.41) is 14.0. The third kappa shape index (κ3) is 4.71. The SMILES string of the molecule is CCCc1nc(C)c2c(=O)[nH]c(-c3cc(S(=O)(=O)N4CC(CO[N+](=O)[O-])C4)ccc3OCC)nn12. The fourth-order valence-electron chi connectivity index (χ4n) is 4.02. The van der Waals surface area contributed by atoms with Crippen molar-refractivity contribution in [3.63, 3.8) is 0 Å². The number of nitrogens with zero attached hydrogens (tertiary/aromatic N) is 5. The zero-order valence-electron chi connectivity index (χ0n) is 19.6. The van der Waals surface area contributed by atoms with Crippen molar-refractivity contribution in [2.24, 2.45) is 5.92 Å². The number of aromatic amines is 1. The number of imidazole rings is 1. The lowest BCUT2D eigenvalue weighted by atomic mass is 10.1. The van der Waals surface area contributed by atoms with Gasteiger partial charge in [0.2, 0.25) is 10.0 Å². The Kier molecular flexibility index (Phi) is 6.76. The predicted molar refractivity (Wildman–Crippen MR) is 124 cm³/mol. The zero-order chi connectivity index (χ0) is 25.3. The van der Waals surface area contributed by atoms with Crippen LogP contribution in [0.3, 0.4) is 0 Å². The summed E-state index contributed by atoms with van der Waals surface area (Å²) in [5.74, 6) is 0.888. The monoisotopic (exact) mass is 506 g/mol. The van der Waals surface area contributed by atoms with Crippen molar-refractivity contribution in [1.82, 2.24) is 23.9 Å². The molecule has 13 nitrogen and oxygen atoms in total. The van der Waals surface area contributed by atoms with Gasteiger partial charge in [-0.05, 0) is 38.5 Å². The Morgan fingerprint density at radius 3 is 2.69 bits per heavy atom. The van der Waals surface area contributed by atoms with E-state index in [1.807, 2.05) is 6.92 Å². The Morgan fingerprint density at radius 1 is 1.29 bits per heavy atom. The fraction of sp³-hybridized carbons (Fsp3) is 0.476. The van der Waals surface area contributed by atoms with Crippen LogP contribution in [0, 0.1) is 23.0 Å². The van der Waals surface area contributed by atoms with E-state index in [0.29, 0.717) is 41.4 Å². The second kappa shape index (κ2) is 9.62. The van der Waals surface area contributed by atoms with Crippen LogP contribution in [-0.4, -0.2) is 63.7 Å². The minimum Gasteiger partial charge on any atom is -0.493 e. The number of aromatic nitrogens is 4. The van der Waals surface area contributed by atoms with Crippen LogP contribution in [-0.2, 0) is 21.3 Å². The van der Waals surface area contributed by atoms with E-state index in [4.69, 9.17) is 4.74 Å². The van der Waals surface area contributed by atoms with E-state index >= 15 is 0 Å². The summed E-state index contributed by atoms with van der Waals surface area (Å²) in [4.78, 5) is 34.8. The molecule has 1 aliphatic heterocycles. The van der Waals surface area contributed by atoms with Crippen LogP contribution in [0.4, 0.5) is 0 Å². The molecule has 0 spiro atoms. The molecule has 188 valence electrons. The smallest absolute Gasteiger partial charge is 0.294 e. The molecular weight excluding hydrogens is 480 g/mol. The number of fused-ring (bicyclic) bond motifs is 1. The maximum absolute atomic E-state index is 13.2. The van der Waals surface area contributed by atoms with Gasteiger partial charge >= 0.3 is 0 Å². The molecule has 0 atom stereocenters. The highest BCUT2D eigenvalue weighted by Gasteiger charge is 2.37. The van der Waals surface area contributed by atoms with Crippen LogP contribution in [0.2, 0.25) is 0 Å². The number of benzene rings is 1. The molecule has 4 rings (SSSR count). The van der Waals surface area contributed by atoms with E-state index in [-0.39, 0.29) is 36.3 Å². The first kappa shape index (κ1) is 24.6. The Bertz CT molecular complexity index is 1430. The van der Waals surface area contributed by atoms with Gasteiger partial charge in [-0.25, -0.2) is 17.9 Å². The van der Waals surface area contributed by atoms with E-state index in [9.17, 15) is 23.3 Å². The molecule has 0 amide bonds. The summed E-state index contributed by atoms with van der Waals surface area (Å²) in [5.41, 5.74) is 0.815. The molecule has 2 aromatic heterocycles. The average Bonchev–Trinajstić information content (AvgIpc) is 3.08. The van der Waals surface area contributed by atoms with Gasteiger partial charge < -0.3 is 14.6 Å². The second-order valence-corrected chi connectivity index (χ2v) is 10.2. The van der Waals surface area contributed by atoms with E-state index in [1.54, 1.807) is 13.8 Å². The first-order chi connectivity index (χ1) is 16.6. The zero-order valence-corrected chi connectivity index (χ0v) is 20.4. The maximum Gasteiger partial charge on any atom is 0.294 e. The lowest BCUT2D eigenvalue weighted by Crippen LogP contribution is -2.51. The first-order valence-corrected chi connectivity index (χ1v) is 12.6. The fourth-order valence-corrected chi connectivity index (χ4v) is 5.64. The third-order valence-corrected chi connectivity index (χ3v) is 7.53. The number of hydrogen-bond donors (Lipinski definition) is 1. The Morgan fingerprint density at radius 2 is 2.03 bits per heavy atom. The molecule has 0 aliphatic carbocycles. The lowest BCUT2D eigenvalue weighted by Gasteiger charge is -2.37. The van der Waals surface area contributed by atoms with E-state index < -0.39 is 20.7 Å². The van der Waals surface area contributed by atoms with Gasteiger partial charge in [0.1, 0.15) is 18.2 Å². The minimum atomic E-state index is -3.89. The van der Waals surface area contributed by atoms with Crippen molar-refractivity contribution in [2.45, 2.75) is 38.5 Å². The number of rotatable bonds is 10. The number of hydrogen-bond acceptors (Lipinski definition) is 9. The second-order valence-electron chi connectivity index (χ2n) is 8.22. The first-order valence-electron chi connectivity index (χ1n) is 11.2. The van der Waals surface area contributed by atoms with Gasteiger partial charge in [0.15, 0.2) is 11.3 Å². The van der Waals surface area contributed by atoms with Crippen LogP contribution in [0.5, 0.6) is 5.75 Å². The van der Waals surface area contributed by atoms with Gasteiger partial charge in [-0.15, -0.1) is 15.2 Å². The lowest BCUT2D eigenvalue weighted by molar-refractivity contribution is -0.759. The van der Waals surface area contributed by atoms with Crippen LogP contribution < -0.4 is 10.3 Å². The van der Waals surface area contributed by atoms with Crippen LogP contribution >= 0.6 is 0 Å². The highest BCUT2D eigenvalue weighted by Crippen LogP contribution is 2.33. The van der Waals surface area contributed by atoms with Crippen molar-refractivity contribution in [2.75, 3.05) is 26.3 Å². The van der Waals surface area contributed by atoms with Crippen molar-refractivity contribution in [1.29, 1.82) is 0 Å². The van der Waals surface area contributed by atoms with Crippen LogP contribution in [0.15, 0.2) is 27.9 Å². The molecule has 1 saturated heterocycles. The molecule has 0 radical (unpaired) electrons. The molecule has 1 fully saturated rings. The molecule has 14 heteroatoms. The molecule has 3 heterocycles. The maximum atomic E-state index is 13.2. The number of nitrogens with one attached hydrogen (secondary N) is 1. The molecular formula is C21H26N6O7S. The number of H-pyrrole nitrogens is 1. The molecule has 35 heavy (non-hydrogen) atoms. The molecule has 0 unspecified atom stereocenters. The summed E-state index contributed by atoms with van der Waals surface area (Å²) in [6, 6.07) is 4.36. The van der Waals surface area contributed by atoms with E-state index in [0.717, 1.165) is 6.42 Å². The van der Waals surface area contributed by atoms with Crippen molar-refractivity contribution >= 4 is 15.5 Å². The Balaban J connectivity index is 1.73. The molecule has 0 bridgehead atoms. The standard InChI is InChI=1S/C21H26N6O7S/c1-4-6-18-22-13(3)19-21(28)23-20(24-26(18)19)16-9-15(7-8-17(16)33-5-2)35(31,32)25-10-14(11-25)12-34-27(29)30/h7-9,14H,4-6,10-12H2,1-3H3,(H,23,24,28). The summed E-state index contributed by atoms with van der Waals surface area (Å²) >= 11 is 0. The Labute approximate surface area is 200 Å². The summed E-state index contributed by atoms with van der Waals surface area (Å²) in [7, 11) is -3.89. The highest BCUT2D eigenvalue weighted by atomic mass is 32.2. The van der Waals surface area contributed by atoms with Crippen molar-refractivity contribution < 1.29 is 23.1 Å². The highest BCUT2D eigenvalue weighted by molar-refractivity contribution is 7.89. The third-order valence-electron chi connectivity index (χ3n) is 5.70. The molecule has 3 aromatic rings. The van der Waals surface area contributed by atoms with Gasteiger partial charge in [0.25, 0.3) is 10.6 Å². The van der Waals surface area contributed by atoms with Crippen LogP contribution in [0.25, 0.3) is 16.9 Å². The minimum absolute atomic E-state index is 0.0112. The number of sulfonamides is 1. The van der Waals surface area contributed by atoms with Gasteiger partial charge in [0.05, 0.1) is 22.8 Å². The van der Waals surface area contributed by atoms with Gasteiger partial charge in [0, 0.05) is 25.4 Å². The quantitative estimate of drug-likeness (QED) is 0.318. The number of aryl methyl sites for hydroxylation is 2. The molecule has 1 aromatic carbocycles. The summed E-state index contributed by atoms with van der Waals surface area (Å²) in [6.07, 6.45) is 1.43. The van der Waals surface area contributed by atoms with Crippen LogP contribution in [0.1, 0.15) is 31.8 Å². The summed E-state index contributed by atoms with van der Waals surface area (Å²) in [6.45, 7) is 5.89. The summed E-state index contributed by atoms with van der Waals surface area (Å²) < 4.78 is 34.8. The van der Waals surface area contributed by atoms with Gasteiger partial charge in [-0.3, -0.25) is 4.79 Å². The normalized spacial score (nSPS) is 14.7. The van der Waals surface area contributed by atoms with Gasteiger partial charge in [-0.1, -0.05) is 6.92 Å². The van der Waals surface area contributed by atoms with E-state index in [2.05, 4.69) is 19.9 Å². The van der Waals surface area contributed by atoms with Gasteiger partial charge in [-0.2, -0.15) is 4.31 Å². The van der Waals surface area contributed by atoms with Crippen molar-refractivity contribution in [3.8, 4) is 17.1 Å². The average molecular weight is 507 g/mol. The number of ether oxygens (including phenoxy) is 1.